The van der Waals surface area contributed by atoms with Crippen molar-refractivity contribution in [2.24, 2.45) is 0 Å². The number of para-hydroxylation sites is 1. The number of hydrogen-bond donors (Lipinski definition) is 3. The van der Waals surface area contributed by atoms with Crippen molar-refractivity contribution in [1.29, 1.82) is 0 Å². The van der Waals surface area contributed by atoms with Crippen LogP contribution in [0, 0.1) is 0 Å². The lowest BCUT2D eigenvalue weighted by Gasteiger charge is -2.16. The molecule has 11 heteroatoms. The molecule has 3 rings (SSSR count). The van der Waals surface area contributed by atoms with E-state index in [0.717, 1.165) is 0 Å². The summed E-state index contributed by atoms with van der Waals surface area (Å²) in [5.41, 5.74) is 1.51. The molecule has 9 nitrogen and oxygen atoms in total. The molecule has 0 fully saturated rings. The Hall–Kier alpha value is -3.37. The molecule has 0 saturated carbocycles. The van der Waals surface area contributed by atoms with Crippen LogP contribution in [-0.4, -0.2) is 36.7 Å². The fraction of sp³-hybridized carbons (Fsp3) is 0.261. The minimum absolute atomic E-state index is 0.112. The second-order valence-electron chi connectivity index (χ2n) is 7.55. The molecule has 1 amide bonds. The summed E-state index contributed by atoms with van der Waals surface area (Å²) >= 11 is 6.29. The van der Waals surface area contributed by atoms with E-state index in [2.05, 4.69) is 25.9 Å². The minimum atomic E-state index is -3.53. The van der Waals surface area contributed by atoms with Crippen molar-refractivity contribution in [3.05, 3.63) is 53.7 Å². The van der Waals surface area contributed by atoms with Crippen LogP contribution >= 0.6 is 11.6 Å². The van der Waals surface area contributed by atoms with Crippen LogP contribution in [0.3, 0.4) is 0 Å². The van der Waals surface area contributed by atoms with E-state index in [1.54, 1.807) is 57.2 Å². The van der Waals surface area contributed by atoms with E-state index in [9.17, 15) is 13.2 Å². The summed E-state index contributed by atoms with van der Waals surface area (Å²) in [6.07, 6.45) is 1.76. The summed E-state index contributed by atoms with van der Waals surface area (Å²) in [5, 5.41) is 8.47. The van der Waals surface area contributed by atoms with Crippen molar-refractivity contribution >= 4 is 56.2 Å². The first-order valence-corrected chi connectivity index (χ1v) is 12.5. The van der Waals surface area contributed by atoms with Gasteiger partial charge < -0.3 is 20.7 Å². The van der Waals surface area contributed by atoms with E-state index in [4.69, 9.17) is 16.3 Å². The van der Waals surface area contributed by atoms with E-state index < -0.39 is 15.1 Å². The Labute approximate surface area is 203 Å². The van der Waals surface area contributed by atoms with Crippen LogP contribution in [0.4, 0.5) is 28.8 Å². The Morgan fingerprint density at radius 3 is 2.53 bits per heavy atom. The summed E-state index contributed by atoms with van der Waals surface area (Å²) in [4.78, 5) is 20.4. The number of carbonyl (C=O) groups is 1. The third-order valence-electron chi connectivity index (χ3n) is 4.86. The lowest BCUT2D eigenvalue weighted by atomic mass is 10.2. The van der Waals surface area contributed by atoms with E-state index in [-0.39, 0.29) is 27.6 Å². The Bertz CT molecular complexity index is 1300. The fourth-order valence-corrected chi connectivity index (χ4v) is 4.30. The molecule has 0 spiro atoms. The highest BCUT2D eigenvalue weighted by Crippen LogP contribution is 2.33. The Morgan fingerprint density at radius 1 is 1.12 bits per heavy atom. The number of carbonyl (C=O) groups excluding carboxylic acids is 1. The van der Waals surface area contributed by atoms with Gasteiger partial charge in [-0.2, -0.15) is 4.98 Å². The first kappa shape index (κ1) is 25.3. The molecule has 0 atom stereocenters. The second-order valence-corrected chi connectivity index (χ2v) is 10.4. The van der Waals surface area contributed by atoms with Crippen LogP contribution in [0.2, 0.25) is 5.02 Å². The number of amides is 1. The van der Waals surface area contributed by atoms with Crippen LogP contribution in [0.15, 0.2) is 53.6 Å². The van der Waals surface area contributed by atoms with Gasteiger partial charge in [0, 0.05) is 18.2 Å². The molecule has 2 aromatic carbocycles. The number of benzene rings is 2. The van der Waals surface area contributed by atoms with E-state index in [1.165, 1.54) is 19.4 Å². The number of ether oxygens (including phenoxy) is 1. The van der Waals surface area contributed by atoms with Crippen LogP contribution in [0.25, 0.3) is 0 Å². The van der Waals surface area contributed by atoms with Crippen molar-refractivity contribution in [2.45, 2.75) is 37.3 Å². The molecule has 0 radical (unpaired) electrons. The molecule has 0 aliphatic heterocycles. The molecule has 180 valence electrons. The number of nitrogens with zero attached hydrogens (tertiary/aromatic N) is 2. The molecule has 3 aromatic rings. The minimum Gasteiger partial charge on any atom is -0.494 e. The maximum Gasteiger partial charge on any atom is 0.229 e. The number of methoxy groups -OCH3 is 1. The van der Waals surface area contributed by atoms with Gasteiger partial charge in [-0.25, -0.2) is 13.4 Å². The van der Waals surface area contributed by atoms with Gasteiger partial charge in [0.25, 0.3) is 0 Å². The highest BCUT2D eigenvalue weighted by molar-refractivity contribution is 7.92. The van der Waals surface area contributed by atoms with Crippen LogP contribution in [-0.2, 0) is 14.6 Å². The fourth-order valence-electron chi connectivity index (χ4n) is 2.96. The zero-order chi connectivity index (χ0) is 24.9. The Morgan fingerprint density at radius 2 is 1.85 bits per heavy atom. The van der Waals surface area contributed by atoms with Gasteiger partial charge >= 0.3 is 0 Å². The average Bonchev–Trinajstić information content (AvgIpc) is 2.82. The quantitative estimate of drug-likeness (QED) is 0.366. The average molecular weight is 504 g/mol. The lowest BCUT2D eigenvalue weighted by molar-refractivity contribution is -0.115. The monoisotopic (exact) mass is 503 g/mol. The van der Waals surface area contributed by atoms with Gasteiger partial charge in [-0.3, -0.25) is 4.79 Å². The number of hydrogen-bond acceptors (Lipinski definition) is 8. The number of nitrogens with one attached hydrogen (secondary N) is 3. The Kier molecular flexibility index (Phi) is 7.95. The summed E-state index contributed by atoms with van der Waals surface area (Å²) in [5.74, 6) is 0.797. The van der Waals surface area contributed by atoms with Crippen molar-refractivity contribution in [3.8, 4) is 5.75 Å². The summed E-state index contributed by atoms with van der Waals surface area (Å²) < 4.78 is 30.9. The molecule has 1 heterocycles. The number of aromatic nitrogens is 2. The standard InChI is InChI=1S/C23H26ClN5O4S/c1-5-21(30)26-15-10-11-17(19(12-15)33-4)28-23-25-13-16(24)22(29-23)27-18-8-6-7-9-20(18)34(31,32)14(2)3/h6-14H,5H2,1-4H3,(H,26,30)(H2,25,27,28,29). The molecule has 0 aliphatic rings. The van der Waals surface area contributed by atoms with Gasteiger partial charge in [-0.05, 0) is 38.1 Å². The van der Waals surface area contributed by atoms with Gasteiger partial charge in [0.15, 0.2) is 15.7 Å². The topological polar surface area (TPSA) is 122 Å². The van der Waals surface area contributed by atoms with E-state index in [1.807, 2.05) is 0 Å². The van der Waals surface area contributed by atoms with Crippen LogP contribution < -0.4 is 20.7 Å². The third-order valence-corrected chi connectivity index (χ3v) is 7.35. The molecular formula is C23H26ClN5O4S. The molecule has 0 saturated heterocycles. The molecule has 3 N–H and O–H groups in total. The van der Waals surface area contributed by atoms with Crippen LogP contribution in [0.5, 0.6) is 5.75 Å². The third kappa shape index (κ3) is 5.75. The highest BCUT2D eigenvalue weighted by atomic mass is 35.5. The smallest absolute Gasteiger partial charge is 0.229 e. The molecule has 1 aromatic heterocycles. The van der Waals surface area contributed by atoms with Gasteiger partial charge in [0.1, 0.15) is 10.8 Å². The maximum absolute atomic E-state index is 12.8. The van der Waals surface area contributed by atoms with E-state index >= 15 is 0 Å². The largest absolute Gasteiger partial charge is 0.494 e. The number of rotatable bonds is 9. The van der Waals surface area contributed by atoms with Crippen LogP contribution in [0.1, 0.15) is 27.2 Å². The molecule has 0 aliphatic carbocycles. The van der Waals surface area contributed by atoms with Gasteiger partial charge in [-0.1, -0.05) is 30.7 Å². The normalized spacial score (nSPS) is 11.2. The van der Waals surface area contributed by atoms with Crippen molar-refractivity contribution < 1.29 is 17.9 Å². The number of anilines is 5. The van der Waals surface area contributed by atoms with Gasteiger partial charge in [0.2, 0.25) is 11.9 Å². The predicted molar refractivity (Wildman–Crippen MR) is 134 cm³/mol. The van der Waals surface area contributed by atoms with E-state index in [0.29, 0.717) is 29.2 Å². The number of halogens is 1. The summed E-state index contributed by atoms with van der Waals surface area (Å²) in [6.45, 7) is 5.01. The Balaban J connectivity index is 1.90. The molecular weight excluding hydrogens is 478 g/mol. The van der Waals surface area contributed by atoms with Gasteiger partial charge in [0.05, 0.1) is 34.8 Å². The highest BCUT2D eigenvalue weighted by Gasteiger charge is 2.23. The maximum atomic E-state index is 12.8. The van der Waals surface area contributed by atoms with Crippen molar-refractivity contribution in [2.75, 3.05) is 23.1 Å². The van der Waals surface area contributed by atoms with Crippen molar-refractivity contribution in [3.63, 3.8) is 0 Å². The predicted octanol–water partition coefficient (Wildman–Crippen LogP) is 5.16. The zero-order valence-corrected chi connectivity index (χ0v) is 20.8. The zero-order valence-electron chi connectivity index (χ0n) is 19.2. The van der Waals surface area contributed by atoms with Crippen molar-refractivity contribution in [1.82, 2.24) is 9.97 Å². The molecule has 0 bridgehead atoms. The van der Waals surface area contributed by atoms with Gasteiger partial charge in [-0.15, -0.1) is 0 Å². The first-order valence-electron chi connectivity index (χ1n) is 10.5. The summed E-state index contributed by atoms with van der Waals surface area (Å²) in [7, 11) is -2.03. The first-order chi connectivity index (χ1) is 16.1. The SMILES string of the molecule is CCC(=O)Nc1ccc(Nc2ncc(Cl)c(Nc3ccccc3S(=O)(=O)C(C)C)n2)c(OC)c1. The molecule has 34 heavy (non-hydrogen) atoms. The summed E-state index contributed by atoms with van der Waals surface area (Å²) in [6, 6.07) is 11.7. The lowest BCUT2D eigenvalue weighted by Crippen LogP contribution is -2.15. The molecule has 0 unspecified atom stereocenters. The second kappa shape index (κ2) is 10.7. The number of sulfone groups is 1.